The maximum Gasteiger partial charge on any atom is 0.195 e. The summed E-state index contributed by atoms with van der Waals surface area (Å²) in [6.45, 7) is 3.27. The molecule has 1 saturated heterocycles. The van der Waals surface area contributed by atoms with Gasteiger partial charge in [-0.3, -0.25) is 15.0 Å². The van der Waals surface area contributed by atoms with Crippen LogP contribution in [0.3, 0.4) is 0 Å². The van der Waals surface area contributed by atoms with Gasteiger partial charge in [0.2, 0.25) is 0 Å². The Morgan fingerprint density at radius 2 is 1.52 bits per heavy atom. The normalized spacial score (nSPS) is 19.5. The van der Waals surface area contributed by atoms with Crippen LogP contribution in [0, 0.1) is 0 Å². The monoisotopic (exact) mass is 744 g/mol. The summed E-state index contributed by atoms with van der Waals surface area (Å²) >= 11 is 1.61. The van der Waals surface area contributed by atoms with Crippen molar-refractivity contribution in [3.05, 3.63) is 108 Å². The number of ketones is 1. The van der Waals surface area contributed by atoms with Crippen LogP contribution in [0.4, 0.5) is 0 Å². The van der Waals surface area contributed by atoms with Crippen molar-refractivity contribution >= 4 is 27.2 Å². The third kappa shape index (κ3) is 8.46. The van der Waals surface area contributed by atoms with E-state index < -0.39 is 0 Å². The van der Waals surface area contributed by atoms with Crippen LogP contribution in [0.25, 0.3) is 20.5 Å². The van der Waals surface area contributed by atoms with Gasteiger partial charge in [0.1, 0.15) is 30.9 Å². The highest BCUT2D eigenvalue weighted by atomic mass is 32.1. The van der Waals surface area contributed by atoms with E-state index in [4.69, 9.17) is 18.9 Å². The number of hydrogen-bond donors (Lipinski definition) is 1. The van der Waals surface area contributed by atoms with Crippen molar-refractivity contribution in [2.75, 3.05) is 26.9 Å². The number of methoxy groups -OCH3 is 1. The average molecular weight is 745 g/mol. The second kappa shape index (κ2) is 17.4. The zero-order chi connectivity index (χ0) is 36.7. The number of benzene rings is 4. The Labute approximate surface area is 323 Å². The standard InChI is InChI=1S/C46H52N2O5S/c1-50-42-28-34(20-25-41(42)53-40-17-9-8-16-39(40)48-26-10-3-11-27-48)45(49)44-38-24-23-37(51-30-32-12-4-2-5-13-32)29-43(38)54-46(44)33-18-21-36(22-19-33)52-31-47-35-14-6-7-15-35/h2,4-5,12-13,18-25,28-29,35,39-40,47H,3,6-11,14-17,26-27,30-31H2,1H3. The van der Waals surface area contributed by atoms with E-state index in [9.17, 15) is 4.79 Å². The molecule has 1 aromatic heterocycles. The number of piperidine rings is 1. The van der Waals surface area contributed by atoms with Crippen LogP contribution >= 0.6 is 11.3 Å². The molecule has 0 bridgehead atoms. The molecule has 2 heterocycles. The quantitative estimate of drug-likeness (QED) is 0.0897. The number of thiophene rings is 1. The molecule has 0 radical (unpaired) electrons. The summed E-state index contributed by atoms with van der Waals surface area (Å²) in [5, 5.41) is 4.42. The molecule has 2 atom stereocenters. The van der Waals surface area contributed by atoms with Gasteiger partial charge >= 0.3 is 0 Å². The van der Waals surface area contributed by atoms with E-state index in [2.05, 4.69) is 40.5 Å². The highest BCUT2D eigenvalue weighted by Gasteiger charge is 2.33. The fourth-order valence-electron chi connectivity index (χ4n) is 8.51. The molecule has 0 amide bonds. The summed E-state index contributed by atoms with van der Waals surface area (Å²) in [7, 11) is 1.66. The Balaban J connectivity index is 1.07. The Morgan fingerprint density at radius 1 is 0.759 bits per heavy atom. The van der Waals surface area contributed by atoms with Crippen molar-refractivity contribution in [3.8, 4) is 33.4 Å². The molecule has 1 N–H and O–H groups in total. The first-order chi connectivity index (χ1) is 26.6. The summed E-state index contributed by atoms with van der Waals surface area (Å²) in [5.41, 5.74) is 3.32. The van der Waals surface area contributed by atoms with Gasteiger partial charge in [-0.25, -0.2) is 0 Å². The third-order valence-corrected chi connectivity index (χ3v) is 12.7. The van der Waals surface area contributed by atoms with E-state index in [0.717, 1.165) is 57.1 Å². The lowest BCUT2D eigenvalue weighted by Gasteiger charge is -2.41. The largest absolute Gasteiger partial charge is 0.493 e. The van der Waals surface area contributed by atoms with Crippen molar-refractivity contribution in [3.63, 3.8) is 0 Å². The zero-order valence-electron chi connectivity index (χ0n) is 31.4. The highest BCUT2D eigenvalue weighted by Crippen LogP contribution is 2.43. The molecule has 8 rings (SSSR count). The van der Waals surface area contributed by atoms with Crippen LogP contribution in [-0.2, 0) is 6.61 Å². The molecule has 3 aliphatic rings. The number of likely N-dealkylation sites (tertiary alicyclic amines) is 1. The number of rotatable bonds is 14. The lowest BCUT2D eigenvalue weighted by molar-refractivity contribution is 0.0248. The van der Waals surface area contributed by atoms with E-state index in [-0.39, 0.29) is 11.9 Å². The first kappa shape index (κ1) is 36.6. The fraction of sp³-hybridized carbons (Fsp3) is 0.413. The van der Waals surface area contributed by atoms with Gasteiger partial charge in [0, 0.05) is 38.2 Å². The summed E-state index contributed by atoms with van der Waals surface area (Å²) in [6.07, 6.45) is 13.6. The maximum absolute atomic E-state index is 14.7. The van der Waals surface area contributed by atoms with E-state index in [1.165, 1.54) is 64.2 Å². The molecule has 5 aromatic rings. The molecule has 4 aromatic carbocycles. The first-order valence-corrected chi connectivity index (χ1v) is 20.8. The molecule has 2 saturated carbocycles. The van der Waals surface area contributed by atoms with Crippen LogP contribution in [0.1, 0.15) is 92.1 Å². The summed E-state index contributed by atoms with van der Waals surface area (Å²) in [4.78, 5) is 18.3. The number of hydrogen-bond acceptors (Lipinski definition) is 8. The predicted octanol–water partition coefficient (Wildman–Crippen LogP) is 10.4. The van der Waals surface area contributed by atoms with E-state index in [0.29, 0.717) is 48.0 Å². The van der Waals surface area contributed by atoms with Crippen molar-refractivity contribution in [2.45, 2.75) is 95.4 Å². The Hall–Kier alpha value is -4.37. The van der Waals surface area contributed by atoms with Crippen LogP contribution in [0.2, 0.25) is 0 Å². The van der Waals surface area contributed by atoms with Crippen molar-refractivity contribution in [2.24, 2.45) is 0 Å². The number of carbonyl (C=O) groups is 1. The fourth-order valence-corrected chi connectivity index (χ4v) is 9.74. The minimum Gasteiger partial charge on any atom is -0.493 e. The first-order valence-electron chi connectivity index (χ1n) is 20.0. The van der Waals surface area contributed by atoms with Gasteiger partial charge in [-0.1, -0.05) is 56.0 Å². The van der Waals surface area contributed by atoms with Gasteiger partial charge in [-0.15, -0.1) is 11.3 Å². The number of nitrogens with zero attached hydrogens (tertiary/aromatic N) is 1. The van der Waals surface area contributed by atoms with Crippen LogP contribution < -0.4 is 24.3 Å². The van der Waals surface area contributed by atoms with Crippen LogP contribution in [0.15, 0.2) is 91.0 Å². The summed E-state index contributed by atoms with van der Waals surface area (Å²) in [5.74, 6) is 2.82. The van der Waals surface area contributed by atoms with Crippen molar-refractivity contribution in [1.29, 1.82) is 0 Å². The molecule has 2 aliphatic carbocycles. The van der Waals surface area contributed by atoms with Crippen molar-refractivity contribution in [1.82, 2.24) is 10.2 Å². The lowest BCUT2D eigenvalue weighted by Crippen LogP contribution is -2.49. The molecule has 3 fully saturated rings. The molecular formula is C46H52N2O5S. The average Bonchev–Trinajstić information content (AvgIpc) is 3.89. The van der Waals surface area contributed by atoms with Crippen LogP contribution in [0.5, 0.6) is 23.0 Å². The Morgan fingerprint density at radius 3 is 2.31 bits per heavy atom. The molecule has 282 valence electrons. The van der Waals surface area contributed by atoms with Gasteiger partial charge in [-0.2, -0.15) is 0 Å². The summed E-state index contributed by atoms with van der Waals surface area (Å²) < 4.78 is 25.9. The second-order valence-electron chi connectivity index (χ2n) is 15.0. The number of nitrogens with one attached hydrogen (secondary N) is 1. The topological polar surface area (TPSA) is 69.3 Å². The highest BCUT2D eigenvalue weighted by molar-refractivity contribution is 7.22. The molecule has 8 heteroatoms. The Kier molecular flexibility index (Phi) is 11.8. The van der Waals surface area contributed by atoms with Gasteiger partial charge < -0.3 is 18.9 Å². The lowest BCUT2D eigenvalue weighted by atomic mass is 9.90. The number of carbonyl (C=O) groups excluding carboxylic acids is 1. The molecule has 1 aliphatic heterocycles. The molecule has 7 nitrogen and oxygen atoms in total. The van der Waals surface area contributed by atoms with Crippen molar-refractivity contribution < 1.29 is 23.7 Å². The maximum atomic E-state index is 14.7. The predicted molar refractivity (Wildman–Crippen MR) is 217 cm³/mol. The zero-order valence-corrected chi connectivity index (χ0v) is 32.2. The van der Waals surface area contributed by atoms with E-state index in [1.807, 2.05) is 60.7 Å². The van der Waals surface area contributed by atoms with Crippen LogP contribution in [-0.4, -0.2) is 55.8 Å². The second-order valence-corrected chi connectivity index (χ2v) is 16.1. The minimum absolute atomic E-state index is 0.0518. The van der Waals surface area contributed by atoms with Gasteiger partial charge in [0.15, 0.2) is 17.3 Å². The smallest absolute Gasteiger partial charge is 0.195 e. The molecule has 2 unspecified atom stereocenters. The molecular weight excluding hydrogens is 693 g/mol. The molecule has 0 spiro atoms. The van der Waals surface area contributed by atoms with E-state index in [1.54, 1.807) is 18.4 Å². The van der Waals surface area contributed by atoms with Gasteiger partial charge in [0.25, 0.3) is 0 Å². The van der Waals surface area contributed by atoms with E-state index >= 15 is 0 Å². The van der Waals surface area contributed by atoms with Gasteiger partial charge in [0.05, 0.1) is 7.11 Å². The third-order valence-electron chi connectivity index (χ3n) is 11.5. The van der Waals surface area contributed by atoms with Gasteiger partial charge in [-0.05, 0) is 130 Å². The number of ether oxygens (including phenoxy) is 4. The SMILES string of the molecule is COc1cc(C(=O)c2c(-c3ccc(OCNC4CCCC4)cc3)sc3cc(OCc4ccccc4)ccc23)ccc1OC1CCCCC1N1CCCCC1. The Bertz CT molecular complexity index is 2000. The number of fused-ring (bicyclic) bond motifs is 1. The minimum atomic E-state index is -0.0518. The molecule has 54 heavy (non-hydrogen) atoms. The summed E-state index contributed by atoms with van der Waals surface area (Å²) in [6, 6.07) is 31.0.